The summed E-state index contributed by atoms with van der Waals surface area (Å²) in [4.78, 5) is 0. The van der Waals surface area contributed by atoms with Crippen LogP contribution in [0.4, 0.5) is 0 Å². The molecule has 0 saturated carbocycles. The van der Waals surface area contributed by atoms with Gasteiger partial charge in [-0.15, -0.1) is 0 Å². The minimum Gasteiger partial charge on any atom is -0.396 e. The summed E-state index contributed by atoms with van der Waals surface area (Å²) in [6.45, 7) is 8.96. The summed E-state index contributed by atoms with van der Waals surface area (Å²) < 4.78 is 0. The van der Waals surface area contributed by atoms with Crippen molar-refractivity contribution in [2.45, 2.75) is 58.5 Å². The van der Waals surface area contributed by atoms with Crippen molar-refractivity contribution in [1.29, 1.82) is 0 Å². The van der Waals surface area contributed by atoms with Crippen molar-refractivity contribution in [2.75, 3.05) is 6.61 Å². The van der Waals surface area contributed by atoms with Gasteiger partial charge in [-0.05, 0) is 33.1 Å². The minimum atomic E-state index is 0.115. The molecule has 0 spiro atoms. The standard InChI is InChI=1S/C10H23NO/c1-5-9(3)11-10(4,6-2)7-8-12/h9,11-12H,5-8H2,1-4H3. The lowest BCUT2D eigenvalue weighted by Crippen LogP contribution is -2.47. The highest BCUT2D eigenvalue weighted by atomic mass is 16.3. The average molecular weight is 173 g/mol. The summed E-state index contributed by atoms with van der Waals surface area (Å²) in [5.41, 5.74) is 0.115. The molecule has 0 aliphatic rings. The van der Waals surface area contributed by atoms with E-state index >= 15 is 0 Å². The molecule has 0 saturated heterocycles. The van der Waals surface area contributed by atoms with Crippen LogP contribution in [0.3, 0.4) is 0 Å². The van der Waals surface area contributed by atoms with Crippen molar-refractivity contribution in [3.8, 4) is 0 Å². The predicted octanol–water partition coefficient (Wildman–Crippen LogP) is 1.93. The molecule has 74 valence electrons. The molecule has 0 aromatic rings. The highest BCUT2D eigenvalue weighted by molar-refractivity contribution is 4.83. The van der Waals surface area contributed by atoms with Gasteiger partial charge in [0.1, 0.15) is 0 Å². The van der Waals surface area contributed by atoms with E-state index in [1.165, 1.54) is 0 Å². The first kappa shape index (κ1) is 11.9. The Morgan fingerprint density at radius 3 is 2.33 bits per heavy atom. The second kappa shape index (κ2) is 5.55. The molecule has 2 atom stereocenters. The molecule has 2 nitrogen and oxygen atoms in total. The van der Waals surface area contributed by atoms with Gasteiger partial charge in [0.15, 0.2) is 0 Å². The van der Waals surface area contributed by atoms with Gasteiger partial charge >= 0.3 is 0 Å². The number of aliphatic hydroxyl groups excluding tert-OH is 1. The van der Waals surface area contributed by atoms with Crippen LogP contribution in [0.5, 0.6) is 0 Å². The fraction of sp³-hybridized carbons (Fsp3) is 1.00. The molecule has 2 N–H and O–H groups in total. The number of hydrogen-bond donors (Lipinski definition) is 2. The third-order valence-electron chi connectivity index (χ3n) is 2.65. The molecule has 0 amide bonds. The zero-order valence-corrected chi connectivity index (χ0v) is 8.85. The van der Waals surface area contributed by atoms with E-state index in [1.54, 1.807) is 0 Å². The summed E-state index contributed by atoms with van der Waals surface area (Å²) in [5, 5.41) is 12.4. The number of rotatable bonds is 6. The van der Waals surface area contributed by atoms with Gasteiger partial charge in [-0.3, -0.25) is 0 Å². The third kappa shape index (κ3) is 4.07. The van der Waals surface area contributed by atoms with Crippen LogP contribution in [0.25, 0.3) is 0 Å². The van der Waals surface area contributed by atoms with E-state index in [0.717, 1.165) is 19.3 Å². The summed E-state index contributed by atoms with van der Waals surface area (Å²) >= 11 is 0. The van der Waals surface area contributed by atoms with Crippen LogP contribution in [-0.4, -0.2) is 23.3 Å². The molecule has 0 fully saturated rings. The molecule has 0 heterocycles. The maximum absolute atomic E-state index is 8.88. The molecule has 0 aromatic heterocycles. The van der Waals surface area contributed by atoms with Gasteiger partial charge in [0.05, 0.1) is 0 Å². The van der Waals surface area contributed by atoms with Crippen LogP contribution in [0.2, 0.25) is 0 Å². The zero-order valence-electron chi connectivity index (χ0n) is 8.85. The molecular formula is C10H23NO. The van der Waals surface area contributed by atoms with Gasteiger partial charge in [-0.2, -0.15) is 0 Å². The second-order valence-electron chi connectivity index (χ2n) is 3.84. The van der Waals surface area contributed by atoms with Gasteiger partial charge in [0, 0.05) is 18.2 Å². The van der Waals surface area contributed by atoms with Crippen LogP contribution in [0, 0.1) is 0 Å². The molecule has 0 aliphatic heterocycles. The number of hydrogen-bond acceptors (Lipinski definition) is 2. The lowest BCUT2D eigenvalue weighted by Gasteiger charge is -2.32. The van der Waals surface area contributed by atoms with Crippen molar-refractivity contribution >= 4 is 0 Å². The first-order valence-electron chi connectivity index (χ1n) is 4.96. The average Bonchev–Trinajstić information content (AvgIpc) is 2.05. The van der Waals surface area contributed by atoms with E-state index < -0.39 is 0 Å². The van der Waals surface area contributed by atoms with Gasteiger partial charge in [0.25, 0.3) is 0 Å². The fourth-order valence-corrected chi connectivity index (χ4v) is 1.29. The summed E-state index contributed by atoms with van der Waals surface area (Å²) in [6.07, 6.45) is 3.05. The Morgan fingerprint density at radius 2 is 2.00 bits per heavy atom. The van der Waals surface area contributed by atoms with Crippen molar-refractivity contribution in [1.82, 2.24) is 5.32 Å². The Bertz CT molecular complexity index is 116. The molecule has 0 bridgehead atoms. The van der Waals surface area contributed by atoms with Crippen molar-refractivity contribution in [3.63, 3.8) is 0 Å². The maximum Gasteiger partial charge on any atom is 0.0448 e. The van der Waals surface area contributed by atoms with E-state index in [0.29, 0.717) is 6.04 Å². The van der Waals surface area contributed by atoms with Crippen LogP contribution in [0.1, 0.15) is 47.0 Å². The lowest BCUT2D eigenvalue weighted by molar-refractivity contribution is 0.203. The Balaban J connectivity index is 3.94. The van der Waals surface area contributed by atoms with E-state index in [4.69, 9.17) is 5.11 Å². The van der Waals surface area contributed by atoms with Gasteiger partial charge in [0.2, 0.25) is 0 Å². The molecule has 0 radical (unpaired) electrons. The first-order chi connectivity index (χ1) is 5.58. The van der Waals surface area contributed by atoms with Gasteiger partial charge in [-0.25, -0.2) is 0 Å². The van der Waals surface area contributed by atoms with Crippen LogP contribution >= 0.6 is 0 Å². The van der Waals surface area contributed by atoms with Crippen LogP contribution in [0.15, 0.2) is 0 Å². The summed E-state index contributed by atoms with van der Waals surface area (Å²) in [5.74, 6) is 0. The largest absolute Gasteiger partial charge is 0.396 e. The highest BCUT2D eigenvalue weighted by Gasteiger charge is 2.21. The fourth-order valence-electron chi connectivity index (χ4n) is 1.29. The van der Waals surface area contributed by atoms with Crippen LogP contribution in [-0.2, 0) is 0 Å². The molecule has 0 aromatic carbocycles. The topological polar surface area (TPSA) is 32.3 Å². The molecule has 12 heavy (non-hydrogen) atoms. The van der Waals surface area contributed by atoms with E-state index in [9.17, 15) is 0 Å². The van der Waals surface area contributed by atoms with Crippen LogP contribution < -0.4 is 5.32 Å². The van der Waals surface area contributed by atoms with Crippen molar-refractivity contribution < 1.29 is 5.11 Å². The van der Waals surface area contributed by atoms with E-state index in [1.807, 2.05) is 0 Å². The van der Waals surface area contributed by atoms with Crippen molar-refractivity contribution in [2.24, 2.45) is 0 Å². The first-order valence-corrected chi connectivity index (χ1v) is 4.96. The number of nitrogens with one attached hydrogen (secondary N) is 1. The molecule has 2 unspecified atom stereocenters. The molecular weight excluding hydrogens is 150 g/mol. The Morgan fingerprint density at radius 1 is 1.42 bits per heavy atom. The Hall–Kier alpha value is -0.0800. The SMILES string of the molecule is CCC(C)NC(C)(CC)CCO. The smallest absolute Gasteiger partial charge is 0.0448 e. The third-order valence-corrected chi connectivity index (χ3v) is 2.65. The van der Waals surface area contributed by atoms with Gasteiger partial charge < -0.3 is 10.4 Å². The lowest BCUT2D eigenvalue weighted by atomic mass is 9.93. The zero-order chi connectivity index (χ0) is 9.61. The molecule has 2 heteroatoms. The van der Waals surface area contributed by atoms with E-state index in [2.05, 4.69) is 33.0 Å². The molecule has 0 aliphatic carbocycles. The number of aliphatic hydroxyl groups is 1. The highest BCUT2D eigenvalue weighted by Crippen LogP contribution is 2.15. The predicted molar refractivity (Wildman–Crippen MR) is 53.3 cm³/mol. The normalized spacial score (nSPS) is 18.8. The Labute approximate surface area is 76.4 Å². The van der Waals surface area contributed by atoms with E-state index in [-0.39, 0.29) is 12.1 Å². The molecule has 0 rings (SSSR count). The maximum atomic E-state index is 8.88. The second-order valence-corrected chi connectivity index (χ2v) is 3.84. The minimum absolute atomic E-state index is 0.115. The summed E-state index contributed by atoms with van der Waals surface area (Å²) in [7, 11) is 0. The monoisotopic (exact) mass is 173 g/mol. The summed E-state index contributed by atoms with van der Waals surface area (Å²) in [6, 6.07) is 0.543. The van der Waals surface area contributed by atoms with Gasteiger partial charge in [-0.1, -0.05) is 13.8 Å². The Kier molecular flexibility index (Phi) is 5.51. The quantitative estimate of drug-likeness (QED) is 0.643. The van der Waals surface area contributed by atoms with Crippen molar-refractivity contribution in [3.05, 3.63) is 0 Å².